The molecule has 0 bridgehead atoms. The summed E-state index contributed by atoms with van der Waals surface area (Å²) in [6, 6.07) is 9.61. The number of carbonyl (C=O) groups is 1. The first-order chi connectivity index (χ1) is 16.3. The number of carboxylic acids is 1. The van der Waals surface area contributed by atoms with Crippen molar-refractivity contribution in [3.05, 3.63) is 76.3 Å². The number of ether oxygens (including phenoxy) is 2. The molecule has 6 heteroatoms. The first-order valence-corrected chi connectivity index (χ1v) is 11.6. The van der Waals surface area contributed by atoms with Crippen molar-refractivity contribution in [3.8, 4) is 0 Å². The molecule has 3 aliphatic rings. The molecular weight excluding hydrogens is 433 g/mol. The maximum Gasteiger partial charge on any atom is 0.307 e. The minimum absolute atomic E-state index is 0.0773. The molecule has 2 aromatic rings. The van der Waals surface area contributed by atoms with E-state index in [1.54, 1.807) is 13.8 Å². The normalized spacial score (nSPS) is 21.5. The Morgan fingerprint density at radius 2 is 2.12 bits per heavy atom. The molecule has 0 saturated carbocycles. The zero-order valence-corrected chi connectivity index (χ0v) is 19.6. The Balaban J connectivity index is 1.86. The maximum atomic E-state index is 13.9. The standard InChI is InChI=1S/C28H28FNO4/c1-16-12-18-6-4-5-7-19(18)25(20(16)13-23(31)32)26-22(34-28(2,3)15-29)14-21-24-17(9-11-33-21)8-10-30-27(24)26/h4-8,10,12,14,24,27H,9,11,13,15H2,1-3H3,(H,31,32). The van der Waals surface area contributed by atoms with Gasteiger partial charge in [-0.15, -0.1) is 0 Å². The van der Waals surface area contributed by atoms with Crippen molar-refractivity contribution in [1.29, 1.82) is 0 Å². The summed E-state index contributed by atoms with van der Waals surface area (Å²) in [4.78, 5) is 16.8. The van der Waals surface area contributed by atoms with Gasteiger partial charge in [0.15, 0.2) is 0 Å². The lowest BCUT2D eigenvalue weighted by atomic mass is 9.73. The lowest BCUT2D eigenvalue weighted by Gasteiger charge is -2.41. The number of hydrogen-bond donors (Lipinski definition) is 1. The maximum absolute atomic E-state index is 13.9. The Labute approximate surface area is 198 Å². The first kappa shape index (κ1) is 22.4. The van der Waals surface area contributed by atoms with Crippen LogP contribution in [0.4, 0.5) is 4.39 Å². The average Bonchev–Trinajstić information content (AvgIpc) is 2.80. The van der Waals surface area contributed by atoms with Gasteiger partial charge in [-0.2, -0.15) is 0 Å². The fraction of sp³-hybridized carbons (Fsp3) is 0.357. The van der Waals surface area contributed by atoms with Gasteiger partial charge in [-0.25, -0.2) is 4.39 Å². The number of carboxylic acid groups (broad SMARTS) is 1. The van der Waals surface area contributed by atoms with E-state index in [4.69, 9.17) is 14.5 Å². The summed E-state index contributed by atoms with van der Waals surface area (Å²) in [5.74, 6) is 0.269. The van der Waals surface area contributed by atoms with Crippen molar-refractivity contribution in [1.82, 2.24) is 0 Å². The molecule has 2 aliphatic heterocycles. The fourth-order valence-electron chi connectivity index (χ4n) is 5.20. The van der Waals surface area contributed by atoms with Crippen LogP contribution in [0.15, 0.2) is 64.6 Å². The molecule has 1 N–H and O–H groups in total. The molecule has 1 fully saturated rings. The van der Waals surface area contributed by atoms with Crippen LogP contribution in [0.5, 0.6) is 0 Å². The van der Waals surface area contributed by atoms with Crippen LogP contribution in [0.1, 0.15) is 37.0 Å². The van der Waals surface area contributed by atoms with Crippen molar-refractivity contribution in [2.75, 3.05) is 13.3 Å². The van der Waals surface area contributed by atoms with E-state index in [0.717, 1.165) is 45.2 Å². The summed E-state index contributed by atoms with van der Waals surface area (Å²) >= 11 is 0. The van der Waals surface area contributed by atoms with E-state index in [0.29, 0.717) is 12.4 Å². The number of dihydropyridines is 1. The lowest BCUT2D eigenvalue weighted by molar-refractivity contribution is -0.136. The average molecular weight is 462 g/mol. The highest BCUT2D eigenvalue weighted by Gasteiger charge is 2.43. The summed E-state index contributed by atoms with van der Waals surface area (Å²) in [5.41, 5.74) is 3.38. The quantitative estimate of drug-likeness (QED) is 0.611. The number of benzene rings is 2. The molecular formula is C28H28FNO4. The smallest absolute Gasteiger partial charge is 0.307 e. The third-order valence-corrected chi connectivity index (χ3v) is 6.74. The van der Waals surface area contributed by atoms with Crippen molar-refractivity contribution in [3.63, 3.8) is 0 Å². The highest BCUT2D eigenvalue weighted by Crippen LogP contribution is 2.48. The minimum Gasteiger partial charge on any atom is -0.497 e. The zero-order chi connectivity index (χ0) is 24.0. The van der Waals surface area contributed by atoms with Gasteiger partial charge in [-0.1, -0.05) is 35.9 Å². The van der Waals surface area contributed by atoms with Crippen molar-refractivity contribution in [2.45, 2.75) is 45.3 Å². The number of hydrogen-bond acceptors (Lipinski definition) is 4. The lowest BCUT2D eigenvalue weighted by Crippen LogP contribution is -2.37. The molecule has 2 unspecified atom stereocenters. The van der Waals surface area contributed by atoms with Gasteiger partial charge in [0.05, 0.1) is 25.0 Å². The van der Waals surface area contributed by atoms with Gasteiger partial charge < -0.3 is 14.6 Å². The molecule has 0 spiro atoms. The number of nitrogens with zero attached hydrogens (tertiary/aromatic N) is 1. The van der Waals surface area contributed by atoms with E-state index >= 15 is 0 Å². The van der Waals surface area contributed by atoms with E-state index in [1.165, 1.54) is 5.57 Å². The number of rotatable bonds is 6. The van der Waals surface area contributed by atoms with Crippen LogP contribution < -0.4 is 0 Å². The molecule has 0 aromatic heterocycles. The molecule has 0 amide bonds. The molecule has 176 valence electrons. The van der Waals surface area contributed by atoms with E-state index in [1.807, 2.05) is 55.6 Å². The molecule has 2 atom stereocenters. The third kappa shape index (κ3) is 3.81. The third-order valence-electron chi connectivity index (χ3n) is 6.74. The number of alkyl halides is 1. The molecule has 5 rings (SSSR count). The Bertz CT molecular complexity index is 1300. The van der Waals surface area contributed by atoms with Gasteiger partial charge in [0.25, 0.3) is 0 Å². The number of aryl methyl sites for hydroxylation is 1. The Morgan fingerprint density at radius 1 is 1.32 bits per heavy atom. The molecule has 2 heterocycles. The molecule has 34 heavy (non-hydrogen) atoms. The van der Waals surface area contributed by atoms with Gasteiger partial charge in [0.1, 0.15) is 23.8 Å². The fourth-order valence-corrected chi connectivity index (χ4v) is 5.20. The van der Waals surface area contributed by atoms with Gasteiger partial charge in [0, 0.05) is 24.3 Å². The molecule has 0 radical (unpaired) electrons. The summed E-state index contributed by atoms with van der Waals surface area (Å²) < 4.78 is 26.2. The molecule has 2 aromatic carbocycles. The van der Waals surface area contributed by atoms with Gasteiger partial charge in [-0.05, 0) is 54.3 Å². The number of allylic oxidation sites excluding steroid dienone is 2. The summed E-state index contributed by atoms with van der Waals surface area (Å²) in [6.07, 6.45) is 6.40. The van der Waals surface area contributed by atoms with Gasteiger partial charge in [-0.3, -0.25) is 9.79 Å². The Morgan fingerprint density at radius 3 is 2.88 bits per heavy atom. The highest BCUT2D eigenvalue weighted by molar-refractivity contribution is 6.00. The molecule has 5 nitrogen and oxygen atoms in total. The van der Waals surface area contributed by atoms with Gasteiger partial charge in [0.2, 0.25) is 0 Å². The summed E-state index contributed by atoms with van der Waals surface area (Å²) in [6.45, 7) is 5.23. The van der Waals surface area contributed by atoms with Crippen molar-refractivity contribution >= 4 is 28.5 Å². The summed E-state index contributed by atoms with van der Waals surface area (Å²) in [7, 11) is 0. The number of halogens is 1. The second kappa shape index (κ2) is 8.42. The van der Waals surface area contributed by atoms with Crippen LogP contribution >= 0.6 is 0 Å². The monoisotopic (exact) mass is 461 g/mol. The van der Waals surface area contributed by atoms with Crippen LogP contribution in [0.2, 0.25) is 0 Å². The first-order valence-electron chi connectivity index (χ1n) is 11.6. The Hall–Kier alpha value is -3.41. The second-order valence-corrected chi connectivity index (χ2v) is 9.72. The van der Waals surface area contributed by atoms with E-state index < -0.39 is 18.2 Å². The zero-order valence-electron chi connectivity index (χ0n) is 19.6. The van der Waals surface area contributed by atoms with E-state index in [9.17, 15) is 14.3 Å². The van der Waals surface area contributed by atoms with E-state index in [2.05, 4.69) is 0 Å². The predicted molar refractivity (Wildman–Crippen MR) is 131 cm³/mol. The number of aliphatic imine (C=N–C) groups is 1. The van der Waals surface area contributed by atoms with Crippen molar-refractivity contribution < 1.29 is 23.8 Å². The van der Waals surface area contributed by atoms with Crippen LogP contribution in [0.3, 0.4) is 0 Å². The summed E-state index contributed by atoms with van der Waals surface area (Å²) in [5, 5.41) is 11.7. The molecule has 1 saturated heterocycles. The van der Waals surface area contributed by atoms with Crippen LogP contribution in [0.25, 0.3) is 16.3 Å². The van der Waals surface area contributed by atoms with E-state index in [-0.39, 0.29) is 18.4 Å². The SMILES string of the molecule is Cc1cc2ccccc2c(C2=C(OC(C)(C)CF)C=C3OCCC4=CC=NC2C43)c1CC(=O)O. The predicted octanol–water partition coefficient (Wildman–Crippen LogP) is 5.56. The van der Waals surface area contributed by atoms with Crippen LogP contribution in [0, 0.1) is 12.8 Å². The molecule has 1 aliphatic carbocycles. The largest absolute Gasteiger partial charge is 0.497 e. The minimum atomic E-state index is -1.07. The van der Waals surface area contributed by atoms with Crippen LogP contribution in [-0.4, -0.2) is 42.2 Å². The van der Waals surface area contributed by atoms with Crippen LogP contribution in [-0.2, 0) is 20.7 Å². The second-order valence-electron chi connectivity index (χ2n) is 9.72. The number of fused-ring (bicyclic) bond motifs is 1. The topological polar surface area (TPSA) is 68.1 Å². The highest BCUT2D eigenvalue weighted by atomic mass is 19.1. The van der Waals surface area contributed by atoms with Crippen molar-refractivity contribution in [2.24, 2.45) is 10.9 Å². The Kier molecular flexibility index (Phi) is 5.54. The number of aliphatic carboxylic acids is 1. The van der Waals surface area contributed by atoms with Gasteiger partial charge >= 0.3 is 5.97 Å².